The predicted molar refractivity (Wildman–Crippen MR) is 115 cm³/mol. The van der Waals surface area contributed by atoms with Crippen LogP contribution in [0.15, 0.2) is 35.8 Å². The monoisotopic (exact) mass is 486 g/mol. The third kappa shape index (κ3) is 4.09. The van der Waals surface area contributed by atoms with Gasteiger partial charge in [-0.1, -0.05) is 17.7 Å². The molecule has 2 N–H and O–H groups in total. The Balaban J connectivity index is 1.70. The van der Waals surface area contributed by atoms with Gasteiger partial charge in [0.2, 0.25) is 0 Å². The van der Waals surface area contributed by atoms with Crippen molar-refractivity contribution in [2.75, 3.05) is 24.9 Å². The summed E-state index contributed by atoms with van der Waals surface area (Å²) in [7, 11) is 2.82. The summed E-state index contributed by atoms with van der Waals surface area (Å²) < 4.78 is 52.6. The van der Waals surface area contributed by atoms with E-state index in [2.05, 4.69) is 15.7 Å². The summed E-state index contributed by atoms with van der Waals surface area (Å²) in [5.41, 5.74) is 0.216. The molecule has 0 unspecified atom stereocenters. The highest BCUT2D eigenvalue weighted by Crippen LogP contribution is 2.45. The molecule has 170 valence electrons. The van der Waals surface area contributed by atoms with Crippen LogP contribution in [0.3, 0.4) is 0 Å². The van der Waals surface area contributed by atoms with Crippen LogP contribution in [-0.4, -0.2) is 36.1 Å². The number of amides is 1. The first kappa shape index (κ1) is 22.3. The van der Waals surface area contributed by atoms with Gasteiger partial charge in [0.05, 0.1) is 37.2 Å². The number of nitrogens with one attached hydrogen (secondary N) is 2. The Bertz CT molecular complexity index is 1130. The van der Waals surface area contributed by atoms with Crippen molar-refractivity contribution < 1.29 is 27.4 Å². The standard InChI is InChI=1S/C20H18ClF3N4O3S/c1-30-14-7-12(15(31-2)6-11(14)21)27-19(29)10-9-25-28-17(20(22,23)24)8-13(26-18(10)28)16-4-3-5-32-16/h3-7,9,13,17,26H,8H2,1-2H3,(H,27,29)/t13-,17-/m1/s1. The number of alkyl halides is 3. The Hall–Kier alpha value is -2.92. The number of nitrogens with zero attached hydrogens (tertiary/aromatic N) is 2. The molecule has 0 saturated heterocycles. The minimum Gasteiger partial charge on any atom is -0.495 e. The number of fused-ring (bicyclic) bond motifs is 1. The normalized spacial score (nSPS) is 17.9. The Labute approximate surface area is 190 Å². The van der Waals surface area contributed by atoms with E-state index in [1.165, 1.54) is 37.7 Å². The predicted octanol–water partition coefficient (Wildman–Crippen LogP) is 5.53. The second kappa shape index (κ2) is 8.55. The summed E-state index contributed by atoms with van der Waals surface area (Å²) >= 11 is 7.43. The van der Waals surface area contributed by atoms with Gasteiger partial charge in [0.25, 0.3) is 5.91 Å². The van der Waals surface area contributed by atoms with Crippen LogP contribution >= 0.6 is 22.9 Å². The van der Waals surface area contributed by atoms with Crippen molar-refractivity contribution in [1.82, 2.24) is 9.78 Å². The smallest absolute Gasteiger partial charge is 0.410 e. The highest BCUT2D eigenvalue weighted by Gasteiger charge is 2.47. The van der Waals surface area contributed by atoms with Crippen molar-refractivity contribution in [3.05, 3.63) is 51.3 Å². The molecule has 12 heteroatoms. The second-order valence-electron chi connectivity index (χ2n) is 7.00. The second-order valence-corrected chi connectivity index (χ2v) is 8.38. The number of methoxy groups -OCH3 is 2. The summed E-state index contributed by atoms with van der Waals surface area (Å²) in [5.74, 6) is -0.0980. The van der Waals surface area contributed by atoms with E-state index in [1.807, 2.05) is 0 Å². The summed E-state index contributed by atoms with van der Waals surface area (Å²) in [6.07, 6.45) is -3.65. The number of carbonyl (C=O) groups excluding carboxylic acids is 1. The van der Waals surface area contributed by atoms with Gasteiger partial charge >= 0.3 is 6.18 Å². The molecule has 0 aliphatic carbocycles. The lowest BCUT2D eigenvalue weighted by Gasteiger charge is -2.33. The van der Waals surface area contributed by atoms with Gasteiger partial charge in [0.1, 0.15) is 22.9 Å². The largest absolute Gasteiger partial charge is 0.495 e. The molecule has 2 atom stereocenters. The fourth-order valence-electron chi connectivity index (χ4n) is 3.55. The van der Waals surface area contributed by atoms with Gasteiger partial charge in [-0.05, 0) is 11.4 Å². The first-order valence-corrected chi connectivity index (χ1v) is 10.7. The van der Waals surface area contributed by atoms with Gasteiger partial charge in [0, 0.05) is 23.4 Å². The van der Waals surface area contributed by atoms with Crippen molar-refractivity contribution in [2.24, 2.45) is 0 Å². The SMILES string of the molecule is COc1cc(NC(=O)c2cnn3c2N[C@@H](c2cccs2)C[C@@H]3C(F)(F)F)c(OC)cc1Cl. The molecule has 32 heavy (non-hydrogen) atoms. The summed E-state index contributed by atoms with van der Waals surface area (Å²) in [6.45, 7) is 0. The maximum absolute atomic E-state index is 13.8. The molecule has 2 aromatic heterocycles. The molecular weight excluding hydrogens is 469 g/mol. The zero-order chi connectivity index (χ0) is 23.0. The fourth-order valence-corrected chi connectivity index (χ4v) is 4.57. The molecule has 4 rings (SSSR count). The molecule has 0 saturated carbocycles. The molecule has 3 heterocycles. The average Bonchev–Trinajstić information content (AvgIpc) is 3.43. The van der Waals surface area contributed by atoms with Crippen molar-refractivity contribution in [3.8, 4) is 11.5 Å². The number of hydrogen-bond acceptors (Lipinski definition) is 6. The number of benzene rings is 1. The maximum Gasteiger partial charge on any atom is 0.410 e. The Morgan fingerprint density at radius 3 is 2.69 bits per heavy atom. The number of ether oxygens (including phenoxy) is 2. The van der Waals surface area contributed by atoms with E-state index in [0.717, 1.165) is 15.8 Å². The van der Waals surface area contributed by atoms with Crippen LogP contribution in [0, 0.1) is 0 Å². The van der Waals surface area contributed by atoms with Crippen molar-refractivity contribution >= 4 is 40.4 Å². The van der Waals surface area contributed by atoms with E-state index in [-0.39, 0.29) is 34.3 Å². The molecule has 0 fully saturated rings. The minimum atomic E-state index is -4.53. The summed E-state index contributed by atoms with van der Waals surface area (Å²) in [4.78, 5) is 13.8. The third-order valence-corrected chi connectivity index (χ3v) is 6.37. The van der Waals surface area contributed by atoms with E-state index < -0.39 is 24.2 Å². The van der Waals surface area contributed by atoms with Gasteiger partial charge in [-0.15, -0.1) is 11.3 Å². The quantitative estimate of drug-likeness (QED) is 0.496. The number of hydrogen-bond donors (Lipinski definition) is 2. The van der Waals surface area contributed by atoms with Gasteiger partial charge in [-0.3, -0.25) is 4.79 Å². The van der Waals surface area contributed by atoms with Crippen LogP contribution in [0.2, 0.25) is 5.02 Å². The van der Waals surface area contributed by atoms with E-state index in [0.29, 0.717) is 5.75 Å². The highest BCUT2D eigenvalue weighted by atomic mass is 35.5. The number of anilines is 2. The van der Waals surface area contributed by atoms with Crippen LogP contribution in [0.4, 0.5) is 24.7 Å². The molecular formula is C20H18ClF3N4O3S. The zero-order valence-electron chi connectivity index (χ0n) is 16.9. The zero-order valence-corrected chi connectivity index (χ0v) is 18.4. The van der Waals surface area contributed by atoms with Gasteiger partial charge < -0.3 is 20.1 Å². The van der Waals surface area contributed by atoms with Crippen LogP contribution in [0.5, 0.6) is 11.5 Å². The molecule has 3 aromatic rings. The minimum absolute atomic E-state index is 0.00521. The Kier molecular flexibility index (Phi) is 5.95. The molecule has 7 nitrogen and oxygen atoms in total. The Morgan fingerprint density at radius 2 is 2.06 bits per heavy atom. The lowest BCUT2D eigenvalue weighted by molar-refractivity contribution is -0.173. The van der Waals surface area contributed by atoms with Crippen LogP contribution < -0.4 is 20.1 Å². The third-order valence-electron chi connectivity index (χ3n) is 5.09. The van der Waals surface area contributed by atoms with Gasteiger partial charge in [-0.25, -0.2) is 4.68 Å². The number of carbonyl (C=O) groups is 1. The van der Waals surface area contributed by atoms with E-state index in [1.54, 1.807) is 17.5 Å². The average molecular weight is 487 g/mol. The van der Waals surface area contributed by atoms with Gasteiger partial charge in [-0.2, -0.15) is 18.3 Å². The number of thiophene rings is 1. The van der Waals surface area contributed by atoms with E-state index in [4.69, 9.17) is 21.1 Å². The first-order valence-electron chi connectivity index (χ1n) is 9.40. The van der Waals surface area contributed by atoms with Crippen LogP contribution in [0.25, 0.3) is 0 Å². The lowest BCUT2D eigenvalue weighted by Crippen LogP contribution is -2.36. The topological polar surface area (TPSA) is 77.4 Å². The molecule has 1 aromatic carbocycles. The van der Waals surface area contributed by atoms with Crippen molar-refractivity contribution in [3.63, 3.8) is 0 Å². The molecule has 1 amide bonds. The molecule has 1 aliphatic rings. The van der Waals surface area contributed by atoms with E-state index >= 15 is 0 Å². The lowest BCUT2D eigenvalue weighted by atomic mass is 10.0. The number of aromatic nitrogens is 2. The van der Waals surface area contributed by atoms with Crippen molar-refractivity contribution in [1.29, 1.82) is 0 Å². The van der Waals surface area contributed by atoms with Crippen molar-refractivity contribution in [2.45, 2.75) is 24.7 Å². The Morgan fingerprint density at radius 1 is 1.31 bits per heavy atom. The molecule has 0 radical (unpaired) electrons. The molecule has 0 spiro atoms. The number of halogens is 4. The fraction of sp³-hybridized carbons (Fsp3) is 0.300. The molecule has 1 aliphatic heterocycles. The van der Waals surface area contributed by atoms with E-state index in [9.17, 15) is 18.0 Å². The van der Waals surface area contributed by atoms with Gasteiger partial charge in [0.15, 0.2) is 6.04 Å². The first-order chi connectivity index (χ1) is 15.2. The highest BCUT2D eigenvalue weighted by molar-refractivity contribution is 7.10. The summed E-state index contributed by atoms with van der Waals surface area (Å²) in [5, 5.41) is 11.6. The summed E-state index contributed by atoms with van der Waals surface area (Å²) in [6, 6.07) is 3.99. The molecule has 0 bridgehead atoms. The number of rotatable bonds is 5. The van der Waals surface area contributed by atoms with Crippen LogP contribution in [-0.2, 0) is 0 Å². The van der Waals surface area contributed by atoms with Crippen LogP contribution in [0.1, 0.15) is 33.7 Å². The maximum atomic E-state index is 13.8.